The first-order chi connectivity index (χ1) is 25.8. The number of rotatable bonds is 5. The number of fused-ring (bicyclic) bond motifs is 9. The molecule has 10 aromatic rings. The highest BCUT2D eigenvalue weighted by atomic mass is 16.3. The predicted molar refractivity (Wildman–Crippen MR) is 213 cm³/mol. The van der Waals surface area contributed by atoms with Gasteiger partial charge in [0.1, 0.15) is 22.3 Å². The zero-order valence-electron chi connectivity index (χ0n) is 28.2. The molecule has 0 radical (unpaired) electrons. The Balaban J connectivity index is 1.10. The third-order valence-electron chi connectivity index (χ3n) is 10.9. The number of furan rings is 2. The van der Waals surface area contributed by atoms with Gasteiger partial charge >= 0.3 is 0 Å². The molecule has 1 aliphatic carbocycles. The summed E-state index contributed by atoms with van der Waals surface area (Å²) in [5.41, 5.74) is 13.7. The SMILES string of the molecule is c1ccc(N(c2ccc3c(c2)oc2ccccc23)c2ccc3c(c2)oc2ccc(C4(c5ccccc5)c5ccccc5-c5ccccc54)cc23)cc1. The normalized spacial score (nSPS) is 13.2. The van der Waals surface area contributed by atoms with Crippen LogP contribution in [0.25, 0.3) is 55.0 Å². The van der Waals surface area contributed by atoms with E-state index in [-0.39, 0.29) is 0 Å². The topological polar surface area (TPSA) is 29.5 Å². The number of nitrogens with zero attached hydrogens (tertiary/aromatic N) is 1. The lowest BCUT2D eigenvalue weighted by Crippen LogP contribution is -2.28. The van der Waals surface area contributed by atoms with Crippen LogP contribution < -0.4 is 4.90 Å². The summed E-state index contributed by atoms with van der Waals surface area (Å²) < 4.78 is 13.0. The molecule has 0 saturated heterocycles. The van der Waals surface area contributed by atoms with Crippen LogP contribution in [-0.4, -0.2) is 0 Å². The van der Waals surface area contributed by atoms with Crippen molar-refractivity contribution in [2.75, 3.05) is 4.90 Å². The Labute approximate surface area is 300 Å². The Kier molecular flexibility index (Phi) is 6.17. The van der Waals surface area contributed by atoms with Gasteiger partial charge in [0.15, 0.2) is 0 Å². The summed E-state index contributed by atoms with van der Waals surface area (Å²) in [4.78, 5) is 2.27. The molecule has 0 spiro atoms. The van der Waals surface area contributed by atoms with E-state index in [2.05, 4.69) is 175 Å². The number of benzene rings is 8. The molecule has 8 aromatic carbocycles. The van der Waals surface area contributed by atoms with Gasteiger partial charge in [-0.2, -0.15) is 0 Å². The molecule has 0 unspecified atom stereocenters. The molecule has 244 valence electrons. The molecule has 3 heteroatoms. The average Bonchev–Trinajstić information content (AvgIpc) is 3.86. The molecule has 3 nitrogen and oxygen atoms in total. The Morgan fingerprint density at radius 2 is 0.846 bits per heavy atom. The first kappa shape index (κ1) is 28.9. The van der Waals surface area contributed by atoms with Crippen molar-refractivity contribution >= 4 is 60.9 Å². The summed E-state index contributed by atoms with van der Waals surface area (Å²) >= 11 is 0. The standard InChI is InChI=1S/C49H31NO2/c1-3-13-32(14-4-1)49(43-20-10-7-17-37(43)38-18-8-11-21-44(38)49)33-23-28-46-42(29-33)41-27-25-36(31-48(41)52-46)50(34-15-5-2-6-16-34)35-24-26-40-39-19-9-12-22-45(39)51-47(40)30-35/h1-31H. The van der Waals surface area contributed by atoms with Crippen LogP contribution in [0.1, 0.15) is 22.3 Å². The van der Waals surface area contributed by atoms with Crippen molar-refractivity contribution in [3.05, 3.63) is 210 Å². The van der Waals surface area contributed by atoms with Crippen LogP contribution in [0.4, 0.5) is 17.1 Å². The lowest BCUT2D eigenvalue weighted by atomic mass is 9.67. The lowest BCUT2D eigenvalue weighted by molar-refractivity contribution is 0.668. The highest BCUT2D eigenvalue weighted by molar-refractivity contribution is 6.08. The maximum atomic E-state index is 6.68. The molecule has 0 fully saturated rings. The fourth-order valence-electron chi connectivity index (χ4n) is 8.73. The fraction of sp³-hybridized carbons (Fsp3) is 0.0204. The number of anilines is 3. The monoisotopic (exact) mass is 665 g/mol. The minimum Gasteiger partial charge on any atom is -0.456 e. The Bertz CT molecular complexity index is 2930. The Morgan fingerprint density at radius 3 is 1.52 bits per heavy atom. The smallest absolute Gasteiger partial charge is 0.137 e. The highest BCUT2D eigenvalue weighted by Gasteiger charge is 2.46. The first-order valence-corrected chi connectivity index (χ1v) is 17.8. The van der Waals surface area contributed by atoms with Crippen LogP contribution in [0.15, 0.2) is 197 Å². The van der Waals surface area contributed by atoms with Crippen LogP contribution in [0.2, 0.25) is 0 Å². The zero-order chi connectivity index (χ0) is 34.2. The average molecular weight is 666 g/mol. The van der Waals surface area contributed by atoms with Gasteiger partial charge in [-0.1, -0.05) is 121 Å². The summed E-state index contributed by atoms with van der Waals surface area (Å²) in [6.45, 7) is 0. The van der Waals surface area contributed by atoms with E-state index in [1.165, 1.54) is 33.4 Å². The summed E-state index contributed by atoms with van der Waals surface area (Å²) in [5, 5.41) is 4.42. The maximum absolute atomic E-state index is 6.68. The van der Waals surface area contributed by atoms with Crippen LogP contribution in [0, 0.1) is 0 Å². The van der Waals surface area contributed by atoms with Crippen LogP contribution in [-0.2, 0) is 5.41 Å². The van der Waals surface area contributed by atoms with Gasteiger partial charge in [0.25, 0.3) is 0 Å². The zero-order valence-corrected chi connectivity index (χ0v) is 28.2. The third-order valence-corrected chi connectivity index (χ3v) is 10.9. The lowest BCUT2D eigenvalue weighted by Gasteiger charge is -2.33. The van der Waals surface area contributed by atoms with Crippen LogP contribution >= 0.6 is 0 Å². The summed E-state index contributed by atoms with van der Waals surface area (Å²) in [7, 11) is 0. The molecule has 0 amide bonds. The van der Waals surface area contributed by atoms with E-state index in [1.54, 1.807) is 0 Å². The molecular weight excluding hydrogens is 635 g/mol. The highest BCUT2D eigenvalue weighted by Crippen LogP contribution is 2.56. The van der Waals surface area contributed by atoms with E-state index in [0.29, 0.717) is 0 Å². The predicted octanol–water partition coefficient (Wildman–Crippen LogP) is 13.3. The summed E-state index contributed by atoms with van der Waals surface area (Å²) in [6.07, 6.45) is 0. The van der Waals surface area contributed by atoms with Crippen molar-refractivity contribution in [3.63, 3.8) is 0 Å². The second-order valence-corrected chi connectivity index (χ2v) is 13.7. The maximum Gasteiger partial charge on any atom is 0.137 e. The molecule has 11 rings (SSSR count). The van der Waals surface area contributed by atoms with E-state index in [0.717, 1.165) is 60.9 Å². The van der Waals surface area contributed by atoms with Gasteiger partial charge in [0.2, 0.25) is 0 Å². The molecule has 52 heavy (non-hydrogen) atoms. The molecule has 0 atom stereocenters. The van der Waals surface area contributed by atoms with Gasteiger partial charge in [-0.3, -0.25) is 0 Å². The molecular formula is C49H31NO2. The Morgan fingerprint density at radius 1 is 0.327 bits per heavy atom. The molecule has 0 N–H and O–H groups in total. The molecule has 0 aliphatic heterocycles. The molecule has 2 aromatic heterocycles. The van der Waals surface area contributed by atoms with E-state index < -0.39 is 5.41 Å². The number of para-hydroxylation sites is 2. The number of hydrogen-bond acceptors (Lipinski definition) is 3. The van der Waals surface area contributed by atoms with Crippen molar-refractivity contribution < 1.29 is 8.83 Å². The van der Waals surface area contributed by atoms with E-state index in [9.17, 15) is 0 Å². The van der Waals surface area contributed by atoms with Gasteiger partial charge < -0.3 is 13.7 Å². The minimum absolute atomic E-state index is 0.467. The van der Waals surface area contributed by atoms with Gasteiger partial charge in [-0.15, -0.1) is 0 Å². The van der Waals surface area contributed by atoms with Crippen molar-refractivity contribution in [2.45, 2.75) is 5.41 Å². The van der Waals surface area contributed by atoms with E-state index in [4.69, 9.17) is 8.83 Å². The van der Waals surface area contributed by atoms with Crippen molar-refractivity contribution in [1.29, 1.82) is 0 Å². The van der Waals surface area contributed by atoms with Crippen LogP contribution in [0.5, 0.6) is 0 Å². The van der Waals surface area contributed by atoms with Crippen molar-refractivity contribution in [3.8, 4) is 11.1 Å². The minimum atomic E-state index is -0.467. The largest absolute Gasteiger partial charge is 0.456 e. The summed E-state index contributed by atoms with van der Waals surface area (Å²) in [6, 6.07) is 67.2. The van der Waals surface area contributed by atoms with Gasteiger partial charge in [-0.25, -0.2) is 0 Å². The molecule has 2 heterocycles. The second-order valence-electron chi connectivity index (χ2n) is 13.7. The van der Waals surface area contributed by atoms with Gasteiger partial charge in [-0.05, 0) is 88.0 Å². The summed E-state index contributed by atoms with van der Waals surface area (Å²) in [5.74, 6) is 0. The fourth-order valence-corrected chi connectivity index (χ4v) is 8.73. The number of hydrogen-bond donors (Lipinski definition) is 0. The van der Waals surface area contributed by atoms with Gasteiger partial charge in [0, 0.05) is 50.7 Å². The Hall–Kier alpha value is -6.84. The van der Waals surface area contributed by atoms with Gasteiger partial charge in [0.05, 0.1) is 5.41 Å². The quantitative estimate of drug-likeness (QED) is 0.183. The van der Waals surface area contributed by atoms with E-state index >= 15 is 0 Å². The molecule has 1 aliphatic rings. The van der Waals surface area contributed by atoms with E-state index in [1.807, 2.05) is 18.2 Å². The molecule has 0 saturated carbocycles. The van der Waals surface area contributed by atoms with Crippen molar-refractivity contribution in [1.82, 2.24) is 0 Å². The van der Waals surface area contributed by atoms with Crippen molar-refractivity contribution in [2.24, 2.45) is 0 Å². The second kappa shape index (κ2) is 11.1. The first-order valence-electron chi connectivity index (χ1n) is 17.8. The third kappa shape index (κ3) is 4.08. The van der Waals surface area contributed by atoms with Crippen LogP contribution in [0.3, 0.4) is 0 Å². The molecule has 0 bridgehead atoms.